The maximum atomic E-state index is 12.2. The van der Waals surface area contributed by atoms with E-state index in [4.69, 9.17) is 0 Å². The number of para-hydroxylation sites is 1. The molecule has 2 aromatic heterocycles. The highest BCUT2D eigenvalue weighted by atomic mass is 16.2. The Morgan fingerprint density at radius 3 is 2.47 bits per heavy atom. The molecule has 2 heterocycles. The average molecular weight is 400 g/mol. The fourth-order valence-electron chi connectivity index (χ4n) is 3.01. The molecule has 1 amide bonds. The van der Waals surface area contributed by atoms with Crippen LogP contribution in [-0.2, 0) is 11.3 Å². The summed E-state index contributed by atoms with van der Waals surface area (Å²) < 4.78 is 1.85. The van der Waals surface area contributed by atoms with Crippen molar-refractivity contribution in [3.63, 3.8) is 0 Å². The maximum Gasteiger partial charge on any atom is 0.263 e. The fourth-order valence-corrected chi connectivity index (χ4v) is 3.01. The van der Waals surface area contributed by atoms with Crippen LogP contribution in [0.25, 0.3) is 17.1 Å². The summed E-state index contributed by atoms with van der Waals surface area (Å²) in [5.74, 6) is 0.112. The van der Waals surface area contributed by atoms with E-state index in [1.165, 1.54) is 4.80 Å². The van der Waals surface area contributed by atoms with E-state index in [1.807, 2.05) is 79.2 Å². The summed E-state index contributed by atoms with van der Waals surface area (Å²) in [7, 11) is 0. The van der Waals surface area contributed by atoms with Gasteiger partial charge < -0.3 is 0 Å². The standard InChI is InChI=1S/C21H20N8O/c1-15-19(16(2)29(25-15)18-11-7-4-8-12-18)13-22-23-20(30)14-28-26-21(24-27-28)17-9-5-3-6-10-17/h3-13H,14H2,1-2H3,(H,23,30). The van der Waals surface area contributed by atoms with E-state index in [2.05, 4.69) is 31.0 Å². The van der Waals surface area contributed by atoms with Crippen LogP contribution in [0.3, 0.4) is 0 Å². The third-order valence-corrected chi connectivity index (χ3v) is 4.50. The summed E-state index contributed by atoms with van der Waals surface area (Å²) in [5.41, 5.74) is 6.90. The van der Waals surface area contributed by atoms with Crippen molar-refractivity contribution in [3.05, 3.63) is 77.6 Å². The molecule has 9 nitrogen and oxygen atoms in total. The molecule has 0 fully saturated rings. The number of benzene rings is 2. The summed E-state index contributed by atoms with van der Waals surface area (Å²) in [4.78, 5) is 13.4. The van der Waals surface area contributed by atoms with Crippen LogP contribution in [0.1, 0.15) is 17.0 Å². The Bertz CT molecular complexity index is 1180. The molecule has 0 radical (unpaired) electrons. The molecule has 0 unspecified atom stereocenters. The van der Waals surface area contributed by atoms with Gasteiger partial charge in [0.05, 0.1) is 23.3 Å². The number of carbonyl (C=O) groups is 1. The number of nitrogens with zero attached hydrogens (tertiary/aromatic N) is 7. The number of aromatic nitrogens is 6. The molecule has 0 aliphatic rings. The lowest BCUT2D eigenvalue weighted by Gasteiger charge is -2.03. The molecule has 0 saturated carbocycles. The first-order chi connectivity index (χ1) is 14.6. The average Bonchev–Trinajstić information content (AvgIpc) is 3.34. The third-order valence-electron chi connectivity index (χ3n) is 4.50. The van der Waals surface area contributed by atoms with Crippen molar-refractivity contribution in [1.82, 2.24) is 35.4 Å². The van der Waals surface area contributed by atoms with Gasteiger partial charge in [-0.25, -0.2) is 10.1 Å². The van der Waals surface area contributed by atoms with E-state index in [0.29, 0.717) is 5.82 Å². The fraction of sp³-hybridized carbons (Fsp3) is 0.143. The van der Waals surface area contributed by atoms with Gasteiger partial charge in [0.1, 0.15) is 6.54 Å². The summed E-state index contributed by atoms with van der Waals surface area (Å²) in [5, 5.41) is 20.7. The molecule has 0 aliphatic carbocycles. The highest BCUT2D eigenvalue weighted by molar-refractivity contribution is 5.84. The van der Waals surface area contributed by atoms with Crippen LogP contribution in [0.5, 0.6) is 0 Å². The van der Waals surface area contributed by atoms with Gasteiger partial charge in [-0.05, 0) is 31.2 Å². The summed E-state index contributed by atoms with van der Waals surface area (Å²) in [6.45, 7) is 3.78. The molecule has 0 spiro atoms. The van der Waals surface area contributed by atoms with E-state index in [9.17, 15) is 4.79 Å². The van der Waals surface area contributed by atoms with Crippen LogP contribution >= 0.6 is 0 Å². The maximum absolute atomic E-state index is 12.2. The Kier molecular flexibility index (Phi) is 5.42. The number of nitrogens with one attached hydrogen (secondary N) is 1. The topological polar surface area (TPSA) is 103 Å². The SMILES string of the molecule is Cc1nn(-c2ccccc2)c(C)c1C=NNC(=O)Cn1nnc(-c2ccccc2)n1. The number of amides is 1. The number of rotatable bonds is 6. The molecule has 2 aromatic carbocycles. The molecule has 30 heavy (non-hydrogen) atoms. The van der Waals surface area contributed by atoms with Crippen LogP contribution in [-0.4, -0.2) is 42.1 Å². The van der Waals surface area contributed by atoms with Gasteiger partial charge in [-0.15, -0.1) is 10.2 Å². The minimum absolute atomic E-state index is 0.0849. The van der Waals surface area contributed by atoms with Crippen molar-refractivity contribution in [3.8, 4) is 17.1 Å². The minimum atomic E-state index is -0.353. The first kappa shape index (κ1) is 19.2. The summed E-state index contributed by atoms with van der Waals surface area (Å²) >= 11 is 0. The van der Waals surface area contributed by atoms with Gasteiger partial charge >= 0.3 is 0 Å². The molecule has 1 N–H and O–H groups in total. The van der Waals surface area contributed by atoms with Crippen molar-refractivity contribution < 1.29 is 4.79 Å². The highest BCUT2D eigenvalue weighted by Gasteiger charge is 2.12. The van der Waals surface area contributed by atoms with Gasteiger partial charge in [0.25, 0.3) is 5.91 Å². The predicted molar refractivity (Wildman–Crippen MR) is 112 cm³/mol. The largest absolute Gasteiger partial charge is 0.271 e. The smallest absolute Gasteiger partial charge is 0.263 e. The van der Waals surface area contributed by atoms with Gasteiger partial charge in [0, 0.05) is 11.1 Å². The second-order valence-corrected chi connectivity index (χ2v) is 6.63. The Morgan fingerprint density at radius 2 is 1.73 bits per heavy atom. The molecule has 0 aliphatic heterocycles. The predicted octanol–water partition coefficient (Wildman–Crippen LogP) is 2.29. The molecule has 9 heteroatoms. The van der Waals surface area contributed by atoms with Gasteiger partial charge in [-0.1, -0.05) is 48.5 Å². The lowest BCUT2D eigenvalue weighted by molar-refractivity contribution is -0.122. The number of carbonyl (C=O) groups excluding carboxylic acids is 1. The number of hydrazone groups is 1. The molecular formula is C21H20N8O. The van der Waals surface area contributed by atoms with E-state index in [1.54, 1.807) is 6.21 Å². The second-order valence-electron chi connectivity index (χ2n) is 6.63. The monoisotopic (exact) mass is 400 g/mol. The summed E-state index contributed by atoms with van der Waals surface area (Å²) in [6, 6.07) is 19.3. The zero-order chi connectivity index (χ0) is 20.9. The van der Waals surface area contributed by atoms with Gasteiger partial charge in [0.15, 0.2) is 0 Å². The van der Waals surface area contributed by atoms with Crippen molar-refractivity contribution in [1.29, 1.82) is 0 Å². The van der Waals surface area contributed by atoms with E-state index >= 15 is 0 Å². The van der Waals surface area contributed by atoms with Crippen LogP contribution in [0.15, 0.2) is 65.8 Å². The molecule has 0 bridgehead atoms. The van der Waals surface area contributed by atoms with Crippen LogP contribution < -0.4 is 5.43 Å². The molecule has 0 saturated heterocycles. The lowest BCUT2D eigenvalue weighted by Crippen LogP contribution is -2.24. The Hall–Kier alpha value is -4.14. The van der Waals surface area contributed by atoms with Gasteiger partial charge in [0.2, 0.25) is 5.82 Å². The molecule has 0 atom stereocenters. The van der Waals surface area contributed by atoms with Crippen molar-refractivity contribution in [2.75, 3.05) is 0 Å². The third kappa shape index (κ3) is 4.14. The first-order valence-corrected chi connectivity index (χ1v) is 9.38. The zero-order valence-electron chi connectivity index (χ0n) is 16.6. The van der Waals surface area contributed by atoms with E-state index < -0.39 is 0 Å². The molecule has 150 valence electrons. The van der Waals surface area contributed by atoms with Gasteiger partial charge in [-0.3, -0.25) is 4.79 Å². The Balaban J connectivity index is 1.40. The first-order valence-electron chi connectivity index (χ1n) is 9.38. The van der Waals surface area contributed by atoms with Crippen molar-refractivity contribution in [2.24, 2.45) is 5.10 Å². The normalized spacial score (nSPS) is 11.1. The highest BCUT2D eigenvalue weighted by Crippen LogP contribution is 2.16. The van der Waals surface area contributed by atoms with Crippen LogP contribution in [0.4, 0.5) is 0 Å². The molecule has 4 rings (SSSR count). The van der Waals surface area contributed by atoms with E-state index in [-0.39, 0.29) is 12.5 Å². The van der Waals surface area contributed by atoms with Gasteiger partial charge in [-0.2, -0.15) is 15.0 Å². The summed E-state index contributed by atoms with van der Waals surface area (Å²) in [6.07, 6.45) is 1.60. The lowest BCUT2D eigenvalue weighted by atomic mass is 10.2. The quantitative estimate of drug-likeness (QED) is 0.395. The van der Waals surface area contributed by atoms with E-state index in [0.717, 1.165) is 28.2 Å². The van der Waals surface area contributed by atoms with Crippen LogP contribution in [0, 0.1) is 13.8 Å². The number of hydrogen-bond acceptors (Lipinski definition) is 6. The minimum Gasteiger partial charge on any atom is -0.271 e. The second kappa shape index (κ2) is 8.48. The number of tetrazole rings is 1. The zero-order valence-corrected chi connectivity index (χ0v) is 16.6. The Morgan fingerprint density at radius 1 is 1.03 bits per heavy atom. The number of aryl methyl sites for hydroxylation is 1. The van der Waals surface area contributed by atoms with Crippen molar-refractivity contribution in [2.45, 2.75) is 20.4 Å². The van der Waals surface area contributed by atoms with Crippen LogP contribution in [0.2, 0.25) is 0 Å². The Labute approximate surface area is 173 Å². The molecule has 4 aromatic rings. The molecular weight excluding hydrogens is 380 g/mol. The number of hydrogen-bond donors (Lipinski definition) is 1. The van der Waals surface area contributed by atoms with Crippen molar-refractivity contribution >= 4 is 12.1 Å².